The molecule has 0 atom stereocenters. The van der Waals surface area contributed by atoms with Crippen LogP contribution in [0.5, 0.6) is 0 Å². The average Bonchev–Trinajstić information content (AvgIpc) is 2.46. The van der Waals surface area contributed by atoms with E-state index in [9.17, 15) is 14.9 Å². The van der Waals surface area contributed by atoms with Crippen molar-refractivity contribution in [1.82, 2.24) is 0 Å². The van der Waals surface area contributed by atoms with Gasteiger partial charge in [0.1, 0.15) is 0 Å². The SMILES string of the molecule is O=C(O)c1cc(SCc2ccc([N+](=O)[O-])cc2)ccc1Br. The molecule has 0 radical (unpaired) electrons. The molecule has 0 aliphatic rings. The Hall–Kier alpha value is -1.86. The smallest absolute Gasteiger partial charge is 0.336 e. The van der Waals surface area contributed by atoms with Gasteiger partial charge in [0, 0.05) is 27.3 Å². The summed E-state index contributed by atoms with van der Waals surface area (Å²) in [6.07, 6.45) is 0. The van der Waals surface area contributed by atoms with Crippen molar-refractivity contribution in [2.24, 2.45) is 0 Å². The highest BCUT2D eigenvalue weighted by Crippen LogP contribution is 2.28. The van der Waals surface area contributed by atoms with Gasteiger partial charge in [-0.1, -0.05) is 12.1 Å². The molecular formula is C14H10BrNO4S. The fourth-order valence-electron chi connectivity index (χ4n) is 1.64. The first kappa shape index (κ1) is 15.5. The summed E-state index contributed by atoms with van der Waals surface area (Å²) in [5.74, 6) is -0.377. The van der Waals surface area contributed by atoms with Crippen LogP contribution in [-0.2, 0) is 5.75 Å². The summed E-state index contributed by atoms with van der Waals surface area (Å²) < 4.78 is 0.537. The van der Waals surface area contributed by atoms with Crippen LogP contribution < -0.4 is 0 Å². The van der Waals surface area contributed by atoms with Crippen molar-refractivity contribution < 1.29 is 14.8 Å². The number of halogens is 1. The second kappa shape index (κ2) is 6.73. The fraction of sp³-hybridized carbons (Fsp3) is 0.0714. The summed E-state index contributed by atoms with van der Waals surface area (Å²) in [4.78, 5) is 22.0. The molecule has 0 amide bonds. The number of benzene rings is 2. The first-order chi connectivity index (χ1) is 9.97. The average molecular weight is 368 g/mol. The lowest BCUT2D eigenvalue weighted by molar-refractivity contribution is -0.384. The molecule has 0 spiro atoms. The van der Waals surface area contributed by atoms with Gasteiger partial charge in [0.05, 0.1) is 10.5 Å². The molecule has 0 aromatic heterocycles. The summed E-state index contributed by atoms with van der Waals surface area (Å²) in [7, 11) is 0. The first-order valence-electron chi connectivity index (χ1n) is 5.86. The van der Waals surface area contributed by atoms with Crippen LogP contribution in [0, 0.1) is 10.1 Å². The van der Waals surface area contributed by atoms with Gasteiger partial charge < -0.3 is 5.11 Å². The Balaban J connectivity index is 2.07. The van der Waals surface area contributed by atoms with Crippen molar-refractivity contribution >= 4 is 39.3 Å². The Kier molecular flexibility index (Phi) is 4.98. The molecule has 108 valence electrons. The zero-order valence-corrected chi connectivity index (χ0v) is 13.1. The Morgan fingerprint density at radius 3 is 2.48 bits per heavy atom. The molecule has 1 N–H and O–H groups in total. The number of carboxylic acid groups (broad SMARTS) is 1. The zero-order valence-electron chi connectivity index (χ0n) is 10.7. The molecule has 2 aromatic carbocycles. The zero-order chi connectivity index (χ0) is 15.4. The highest BCUT2D eigenvalue weighted by Gasteiger charge is 2.09. The van der Waals surface area contributed by atoms with Gasteiger partial charge in [-0.05, 0) is 39.7 Å². The van der Waals surface area contributed by atoms with Gasteiger partial charge >= 0.3 is 5.97 Å². The third-order valence-corrected chi connectivity index (χ3v) is 4.48. The topological polar surface area (TPSA) is 80.4 Å². The normalized spacial score (nSPS) is 10.3. The van der Waals surface area contributed by atoms with Gasteiger partial charge in [-0.2, -0.15) is 0 Å². The van der Waals surface area contributed by atoms with E-state index in [-0.39, 0.29) is 11.3 Å². The van der Waals surface area contributed by atoms with Gasteiger partial charge in [-0.25, -0.2) is 4.79 Å². The van der Waals surface area contributed by atoms with E-state index >= 15 is 0 Å². The number of rotatable bonds is 5. The van der Waals surface area contributed by atoms with Crippen LogP contribution in [-0.4, -0.2) is 16.0 Å². The lowest BCUT2D eigenvalue weighted by Gasteiger charge is -2.05. The van der Waals surface area contributed by atoms with Crippen molar-refractivity contribution in [3.8, 4) is 0 Å². The van der Waals surface area contributed by atoms with Crippen molar-refractivity contribution in [2.75, 3.05) is 0 Å². The number of aromatic carboxylic acids is 1. The van der Waals surface area contributed by atoms with Crippen LogP contribution in [0.4, 0.5) is 5.69 Å². The Morgan fingerprint density at radius 1 is 1.24 bits per heavy atom. The molecule has 2 aromatic rings. The second-order valence-corrected chi connectivity index (χ2v) is 6.06. The standard InChI is InChI=1S/C14H10BrNO4S/c15-13-6-5-11(7-12(13)14(17)18)21-8-9-1-3-10(4-2-9)16(19)20/h1-7H,8H2,(H,17,18). The summed E-state index contributed by atoms with van der Waals surface area (Å²) in [6.45, 7) is 0. The lowest BCUT2D eigenvalue weighted by Crippen LogP contribution is -1.97. The lowest BCUT2D eigenvalue weighted by atomic mass is 10.2. The number of thioether (sulfide) groups is 1. The molecule has 2 rings (SSSR count). The molecule has 0 fully saturated rings. The maximum atomic E-state index is 11.0. The summed E-state index contributed by atoms with van der Waals surface area (Å²) in [5.41, 5.74) is 1.20. The van der Waals surface area contributed by atoms with E-state index in [0.717, 1.165) is 10.5 Å². The van der Waals surface area contributed by atoms with Crippen LogP contribution in [0.2, 0.25) is 0 Å². The molecule has 0 saturated carbocycles. The van der Waals surface area contributed by atoms with Gasteiger partial charge in [0.15, 0.2) is 0 Å². The molecular weight excluding hydrogens is 358 g/mol. The van der Waals surface area contributed by atoms with Crippen LogP contribution in [0.3, 0.4) is 0 Å². The monoisotopic (exact) mass is 367 g/mol. The third-order valence-electron chi connectivity index (χ3n) is 2.72. The second-order valence-electron chi connectivity index (χ2n) is 4.16. The quantitative estimate of drug-likeness (QED) is 0.482. The van der Waals surface area contributed by atoms with Crippen LogP contribution in [0.15, 0.2) is 51.8 Å². The van der Waals surface area contributed by atoms with Gasteiger partial charge in [-0.15, -0.1) is 11.8 Å². The number of non-ortho nitro benzene ring substituents is 1. The fourth-order valence-corrected chi connectivity index (χ4v) is 2.95. The number of nitro benzene ring substituents is 1. The van der Waals surface area contributed by atoms with E-state index in [4.69, 9.17) is 5.11 Å². The number of hydrogen-bond acceptors (Lipinski definition) is 4. The number of hydrogen-bond donors (Lipinski definition) is 1. The highest BCUT2D eigenvalue weighted by molar-refractivity contribution is 9.10. The van der Waals surface area contributed by atoms with E-state index in [2.05, 4.69) is 15.9 Å². The summed E-state index contributed by atoms with van der Waals surface area (Å²) >= 11 is 4.67. The van der Waals surface area contributed by atoms with E-state index in [1.54, 1.807) is 24.3 Å². The molecule has 21 heavy (non-hydrogen) atoms. The van der Waals surface area contributed by atoms with E-state index in [1.165, 1.54) is 23.9 Å². The van der Waals surface area contributed by atoms with Crippen LogP contribution >= 0.6 is 27.7 Å². The number of carboxylic acids is 1. The molecule has 0 unspecified atom stereocenters. The van der Waals surface area contributed by atoms with Gasteiger partial charge in [0.25, 0.3) is 5.69 Å². The highest BCUT2D eigenvalue weighted by atomic mass is 79.9. The molecule has 5 nitrogen and oxygen atoms in total. The number of nitrogens with zero attached hydrogens (tertiary/aromatic N) is 1. The third kappa shape index (κ3) is 4.05. The van der Waals surface area contributed by atoms with Gasteiger partial charge in [-0.3, -0.25) is 10.1 Å². The predicted octanol–water partition coefficient (Wildman–Crippen LogP) is 4.35. The van der Waals surface area contributed by atoms with Crippen molar-refractivity contribution in [3.63, 3.8) is 0 Å². The maximum Gasteiger partial charge on any atom is 0.336 e. The Bertz CT molecular complexity index is 688. The molecule has 0 heterocycles. The predicted molar refractivity (Wildman–Crippen MR) is 83.8 cm³/mol. The minimum absolute atomic E-state index is 0.0561. The number of carbonyl (C=O) groups is 1. The van der Waals surface area contributed by atoms with E-state index in [0.29, 0.717) is 10.2 Å². The Labute approximate surface area is 133 Å². The van der Waals surface area contributed by atoms with Crippen LogP contribution in [0.1, 0.15) is 15.9 Å². The van der Waals surface area contributed by atoms with Gasteiger partial charge in [0.2, 0.25) is 0 Å². The van der Waals surface area contributed by atoms with Crippen LogP contribution in [0.25, 0.3) is 0 Å². The van der Waals surface area contributed by atoms with Crippen molar-refractivity contribution in [1.29, 1.82) is 0 Å². The summed E-state index contributed by atoms with van der Waals surface area (Å²) in [5, 5.41) is 19.6. The molecule has 7 heteroatoms. The molecule has 0 bridgehead atoms. The molecule has 0 saturated heterocycles. The van der Waals surface area contributed by atoms with E-state index in [1.807, 2.05) is 6.07 Å². The minimum Gasteiger partial charge on any atom is -0.478 e. The Morgan fingerprint density at radius 2 is 1.90 bits per heavy atom. The largest absolute Gasteiger partial charge is 0.478 e. The number of nitro groups is 1. The molecule has 0 aliphatic heterocycles. The van der Waals surface area contributed by atoms with Crippen molar-refractivity contribution in [2.45, 2.75) is 10.6 Å². The summed E-state index contributed by atoms with van der Waals surface area (Å²) in [6, 6.07) is 11.4. The maximum absolute atomic E-state index is 11.0. The van der Waals surface area contributed by atoms with Crippen molar-refractivity contribution in [3.05, 3.63) is 68.2 Å². The minimum atomic E-state index is -0.986. The molecule has 0 aliphatic carbocycles. The van der Waals surface area contributed by atoms with E-state index < -0.39 is 10.9 Å². The first-order valence-corrected chi connectivity index (χ1v) is 7.64.